The average molecular weight is 390 g/mol. The fourth-order valence-corrected chi connectivity index (χ4v) is 3.80. The molecule has 6 heteroatoms. The number of rotatable bonds is 5. The van der Waals surface area contributed by atoms with E-state index in [-0.39, 0.29) is 6.03 Å². The van der Waals surface area contributed by atoms with Gasteiger partial charge in [-0.05, 0) is 30.9 Å². The smallest absolute Gasteiger partial charge is 0.321 e. The maximum Gasteiger partial charge on any atom is 0.321 e. The Morgan fingerprint density at radius 1 is 1.14 bits per heavy atom. The molecule has 0 unspecified atom stereocenters. The molecule has 1 N–H and O–H groups in total. The molecule has 29 heavy (non-hydrogen) atoms. The Morgan fingerprint density at radius 3 is 2.69 bits per heavy atom. The highest BCUT2D eigenvalue weighted by atomic mass is 16.5. The van der Waals surface area contributed by atoms with E-state index in [2.05, 4.69) is 27.0 Å². The lowest BCUT2D eigenvalue weighted by molar-refractivity contribution is 0.177. The van der Waals surface area contributed by atoms with E-state index < -0.39 is 0 Å². The molecule has 2 amide bonds. The maximum absolute atomic E-state index is 12.6. The Balaban J connectivity index is 1.32. The van der Waals surface area contributed by atoms with Gasteiger partial charge in [0, 0.05) is 49.3 Å². The molecule has 1 fully saturated rings. The fourth-order valence-electron chi connectivity index (χ4n) is 3.80. The van der Waals surface area contributed by atoms with Crippen LogP contribution in [-0.2, 0) is 6.54 Å². The number of benzene rings is 2. The number of methoxy groups -OCH3 is 1. The summed E-state index contributed by atoms with van der Waals surface area (Å²) in [7, 11) is 1.62. The second-order valence-electron chi connectivity index (χ2n) is 7.36. The Bertz CT molecular complexity index is 946. The maximum atomic E-state index is 12.6. The first-order valence-electron chi connectivity index (χ1n) is 9.99. The number of nitrogens with one attached hydrogen (secondary N) is 1. The molecule has 150 valence electrons. The predicted octanol–water partition coefficient (Wildman–Crippen LogP) is 4.50. The van der Waals surface area contributed by atoms with Gasteiger partial charge < -0.3 is 19.5 Å². The lowest BCUT2D eigenvalue weighted by Crippen LogP contribution is -2.41. The van der Waals surface area contributed by atoms with Gasteiger partial charge in [0.2, 0.25) is 0 Å². The van der Waals surface area contributed by atoms with Crippen LogP contribution in [0.4, 0.5) is 10.5 Å². The van der Waals surface area contributed by atoms with Crippen molar-refractivity contribution < 1.29 is 9.53 Å². The Kier molecular flexibility index (Phi) is 5.79. The molecule has 1 aliphatic heterocycles. The summed E-state index contributed by atoms with van der Waals surface area (Å²) in [6, 6.07) is 17.6. The third kappa shape index (κ3) is 4.59. The highest BCUT2D eigenvalue weighted by molar-refractivity contribution is 5.89. The lowest BCUT2D eigenvalue weighted by atomic mass is 9.97. The topological polar surface area (TPSA) is 59.4 Å². The van der Waals surface area contributed by atoms with Crippen molar-refractivity contribution in [3.05, 3.63) is 67.0 Å². The quantitative estimate of drug-likeness (QED) is 0.698. The van der Waals surface area contributed by atoms with Gasteiger partial charge in [0.1, 0.15) is 11.6 Å². The van der Waals surface area contributed by atoms with Gasteiger partial charge in [-0.2, -0.15) is 0 Å². The van der Waals surface area contributed by atoms with Crippen molar-refractivity contribution >= 4 is 11.7 Å². The van der Waals surface area contributed by atoms with Crippen molar-refractivity contribution in [3.8, 4) is 17.1 Å². The number of piperidine rings is 1. The minimum atomic E-state index is -0.0516. The van der Waals surface area contributed by atoms with Crippen LogP contribution in [0.1, 0.15) is 12.8 Å². The van der Waals surface area contributed by atoms with Gasteiger partial charge in [0.05, 0.1) is 7.11 Å². The molecule has 0 aliphatic carbocycles. The Hall–Kier alpha value is -3.28. The molecular weight excluding hydrogens is 364 g/mol. The number of anilines is 1. The predicted molar refractivity (Wildman–Crippen MR) is 114 cm³/mol. The number of ether oxygens (including phenoxy) is 1. The van der Waals surface area contributed by atoms with E-state index in [1.165, 1.54) is 0 Å². The van der Waals surface area contributed by atoms with E-state index in [1.807, 2.05) is 59.8 Å². The van der Waals surface area contributed by atoms with Crippen LogP contribution in [0.5, 0.6) is 5.75 Å². The summed E-state index contributed by atoms with van der Waals surface area (Å²) < 4.78 is 7.44. The van der Waals surface area contributed by atoms with E-state index in [0.29, 0.717) is 5.92 Å². The molecule has 4 rings (SSSR count). The van der Waals surface area contributed by atoms with E-state index >= 15 is 0 Å². The van der Waals surface area contributed by atoms with Crippen LogP contribution >= 0.6 is 0 Å². The second-order valence-corrected chi connectivity index (χ2v) is 7.36. The lowest BCUT2D eigenvalue weighted by Gasteiger charge is -2.32. The molecule has 1 aliphatic rings. The van der Waals surface area contributed by atoms with Crippen LogP contribution in [0.25, 0.3) is 11.4 Å². The Morgan fingerprint density at radius 2 is 1.93 bits per heavy atom. The highest BCUT2D eigenvalue weighted by Crippen LogP contribution is 2.24. The minimum absolute atomic E-state index is 0.0516. The van der Waals surface area contributed by atoms with Crippen LogP contribution < -0.4 is 10.1 Å². The van der Waals surface area contributed by atoms with Crippen molar-refractivity contribution in [2.24, 2.45) is 5.92 Å². The number of aromatic nitrogens is 2. The fraction of sp³-hybridized carbons (Fsp3) is 0.304. The normalized spacial score (nSPS) is 14.6. The van der Waals surface area contributed by atoms with Crippen molar-refractivity contribution in [1.82, 2.24) is 14.5 Å². The van der Waals surface area contributed by atoms with Gasteiger partial charge in [-0.25, -0.2) is 9.78 Å². The summed E-state index contributed by atoms with van der Waals surface area (Å²) in [4.78, 5) is 19.0. The van der Waals surface area contributed by atoms with Crippen molar-refractivity contribution in [2.75, 3.05) is 25.5 Å². The summed E-state index contributed by atoms with van der Waals surface area (Å²) in [6.45, 7) is 2.45. The molecule has 0 spiro atoms. The minimum Gasteiger partial charge on any atom is -0.497 e. The van der Waals surface area contributed by atoms with Crippen molar-refractivity contribution in [1.29, 1.82) is 0 Å². The molecule has 0 radical (unpaired) electrons. The highest BCUT2D eigenvalue weighted by Gasteiger charge is 2.24. The Labute approximate surface area is 171 Å². The van der Waals surface area contributed by atoms with Crippen LogP contribution in [0.15, 0.2) is 67.0 Å². The summed E-state index contributed by atoms with van der Waals surface area (Å²) >= 11 is 0. The zero-order chi connectivity index (χ0) is 20.1. The van der Waals surface area contributed by atoms with E-state index in [9.17, 15) is 4.79 Å². The summed E-state index contributed by atoms with van der Waals surface area (Å²) in [6.07, 6.45) is 5.87. The van der Waals surface area contributed by atoms with Crippen LogP contribution in [0, 0.1) is 5.92 Å². The molecule has 2 heterocycles. The van der Waals surface area contributed by atoms with E-state index in [0.717, 1.165) is 55.3 Å². The number of hydrogen-bond donors (Lipinski definition) is 1. The number of likely N-dealkylation sites (tertiary alicyclic amines) is 1. The number of carbonyl (C=O) groups excluding carboxylic acids is 1. The van der Waals surface area contributed by atoms with E-state index in [4.69, 9.17) is 4.74 Å². The SMILES string of the molecule is COc1cccc(NC(=O)N2CCC(Cn3ccnc3-c3ccccc3)CC2)c1. The molecule has 0 atom stereocenters. The van der Waals surface area contributed by atoms with Gasteiger partial charge in [0.15, 0.2) is 0 Å². The standard InChI is InChI=1S/C23H26N4O2/c1-29-21-9-5-8-20(16-21)25-23(28)26-13-10-18(11-14-26)17-27-15-12-24-22(27)19-6-3-2-4-7-19/h2-9,12,15-16,18H,10-11,13-14,17H2,1H3,(H,25,28). The van der Waals surface area contributed by atoms with Gasteiger partial charge in [-0.3, -0.25) is 0 Å². The number of carbonyl (C=O) groups is 1. The number of hydrogen-bond acceptors (Lipinski definition) is 3. The molecule has 1 aromatic heterocycles. The van der Waals surface area contributed by atoms with Crippen LogP contribution in [0.2, 0.25) is 0 Å². The van der Waals surface area contributed by atoms with Crippen molar-refractivity contribution in [3.63, 3.8) is 0 Å². The second kappa shape index (κ2) is 8.82. The first kappa shape index (κ1) is 19.1. The van der Waals surface area contributed by atoms with Gasteiger partial charge >= 0.3 is 6.03 Å². The van der Waals surface area contributed by atoms with Crippen LogP contribution in [0.3, 0.4) is 0 Å². The molecule has 0 saturated carbocycles. The molecule has 3 aromatic rings. The van der Waals surface area contributed by atoms with E-state index in [1.54, 1.807) is 7.11 Å². The zero-order valence-corrected chi connectivity index (χ0v) is 16.6. The molecule has 2 aromatic carbocycles. The molecular formula is C23H26N4O2. The summed E-state index contributed by atoms with van der Waals surface area (Å²) in [5.74, 6) is 2.27. The third-order valence-electron chi connectivity index (χ3n) is 5.43. The van der Waals surface area contributed by atoms with Crippen LogP contribution in [-0.4, -0.2) is 40.7 Å². The number of amides is 2. The van der Waals surface area contributed by atoms with Gasteiger partial charge in [-0.1, -0.05) is 36.4 Å². The monoisotopic (exact) mass is 390 g/mol. The molecule has 0 bridgehead atoms. The largest absolute Gasteiger partial charge is 0.497 e. The average Bonchev–Trinajstić information content (AvgIpc) is 3.23. The molecule has 1 saturated heterocycles. The number of nitrogens with zero attached hydrogens (tertiary/aromatic N) is 3. The summed E-state index contributed by atoms with van der Waals surface area (Å²) in [5, 5.41) is 2.97. The summed E-state index contributed by atoms with van der Waals surface area (Å²) in [5.41, 5.74) is 1.88. The van der Waals surface area contributed by atoms with Crippen molar-refractivity contribution in [2.45, 2.75) is 19.4 Å². The number of imidazole rings is 1. The first-order chi connectivity index (χ1) is 14.2. The molecule has 6 nitrogen and oxygen atoms in total. The third-order valence-corrected chi connectivity index (χ3v) is 5.43. The number of urea groups is 1. The first-order valence-corrected chi connectivity index (χ1v) is 9.99. The van der Waals surface area contributed by atoms with Gasteiger partial charge in [0.25, 0.3) is 0 Å². The zero-order valence-electron chi connectivity index (χ0n) is 16.6. The van der Waals surface area contributed by atoms with Gasteiger partial charge in [-0.15, -0.1) is 0 Å².